The molecular formula is C17H17Cl2N3O2. The Morgan fingerprint density at radius 2 is 1.67 bits per heavy atom. The van der Waals surface area contributed by atoms with Gasteiger partial charge in [0.25, 0.3) is 5.69 Å². The third-order valence-electron chi connectivity index (χ3n) is 4.18. The van der Waals surface area contributed by atoms with E-state index in [-0.39, 0.29) is 10.7 Å². The minimum absolute atomic E-state index is 0.0334. The van der Waals surface area contributed by atoms with Crippen LogP contribution in [0.5, 0.6) is 0 Å². The second-order valence-corrected chi connectivity index (χ2v) is 6.63. The van der Waals surface area contributed by atoms with Gasteiger partial charge in [-0.05, 0) is 35.9 Å². The maximum Gasteiger partial charge on any atom is 0.288 e. The summed E-state index contributed by atoms with van der Waals surface area (Å²) in [5, 5.41) is 11.9. The van der Waals surface area contributed by atoms with Crippen LogP contribution in [0.3, 0.4) is 0 Å². The largest absolute Gasteiger partial charge is 0.369 e. The molecule has 7 heteroatoms. The van der Waals surface area contributed by atoms with Crippen molar-refractivity contribution < 1.29 is 4.92 Å². The minimum Gasteiger partial charge on any atom is -0.369 e. The maximum atomic E-state index is 11.0. The molecule has 0 N–H and O–H groups in total. The third-order valence-corrected chi connectivity index (χ3v) is 4.75. The van der Waals surface area contributed by atoms with E-state index in [0.29, 0.717) is 6.54 Å². The van der Waals surface area contributed by atoms with Crippen molar-refractivity contribution >= 4 is 34.6 Å². The molecule has 0 saturated carbocycles. The van der Waals surface area contributed by atoms with Gasteiger partial charge in [0.15, 0.2) is 0 Å². The topological polar surface area (TPSA) is 49.6 Å². The lowest BCUT2D eigenvalue weighted by atomic mass is 10.1. The highest BCUT2D eigenvalue weighted by molar-refractivity contribution is 6.32. The number of nitrogens with zero attached hydrogens (tertiary/aromatic N) is 3. The molecule has 0 unspecified atom stereocenters. The zero-order valence-electron chi connectivity index (χ0n) is 13.0. The number of anilines is 1. The fourth-order valence-electron chi connectivity index (χ4n) is 2.87. The van der Waals surface area contributed by atoms with Crippen LogP contribution in [0.15, 0.2) is 42.5 Å². The Morgan fingerprint density at radius 1 is 1.00 bits per heavy atom. The molecule has 1 aliphatic rings. The SMILES string of the molecule is O=[N+]([O-])c1cc(CN2CCN(c3ccc(Cl)cc3)CC2)ccc1Cl. The molecule has 3 rings (SSSR count). The summed E-state index contributed by atoms with van der Waals surface area (Å²) in [7, 11) is 0. The van der Waals surface area contributed by atoms with Gasteiger partial charge in [0.05, 0.1) is 4.92 Å². The van der Waals surface area contributed by atoms with E-state index in [0.717, 1.165) is 36.8 Å². The smallest absolute Gasteiger partial charge is 0.288 e. The standard InChI is InChI=1S/C17H17Cl2N3O2/c18-14-2-4-15(5-3-14)21-9-7-20(8-10-21)12-13-1-6-16(19)17(11-13)22(23)24/h1-6,11H,7-10,12H2. The van der Waals surface area contributed by atoms with Crippen molar-refractivity contribution in [1.29, 1.82) is 0 Å². The number of benzene rings is 2. The second-order valence-electron chi connectivity index (χ2n) is 5.78. The first kappa shape index (κ1) is 17.0. The Labute approximate surface area is 150 Å². The highest BCUT2D eigenvalue weighted by atomic mass is 35.5. The molecule has 5 nitrogen and oxygen atoms in total. The van der Waals surface area contributed by atoms with Crippen LogP contribution in [0, 0.1) is 10.1 Å². The number of halogens is 2. The van der Waals surface area contributed by atoms with Gasteiger partial charge in [-0.2, -0.15) is 0 Å². The number of piperazine rings is 1. The first-order valence-electron chi connectivity index (χ1n) is 7.68. The van der Waals surface area contributed by atoms with Crippen LogP contribution in [0.4, 0.5) is 11.4 Å². The summed E-state index contributed by atoms with van der Waals surface area (Å²) in [6.07, 6.45) is 0. The summed E-state index contributed by atoms with van der Waals surface area (Å²) in [6.45, 7) is 4.32. The number of hydrogen-bond donors (Lipinski definition) is 0. The Morgan fingerprint density at radius 3 is 2.29 bits per heavy atom. The first-order chi connectivity index (χ1) is 11.5. The van der Waals surface area contributed by atoms with E-state index < -0.39 is 4.92 Å². The van der Waals surface area contributed by atoms with Gasteiger partial charge in [-0.3, -0.25) is 15.0 Å². The van der Waals surface area contributed by atoms with E-state index in [2.05, 4.69) is 9.80 Å². The molecule has 0 bridgehead atoms. The number of nitro benzene ring substituents is 1. The van der Waals surface area contributed by atoms with Gasteiger partial charge >= 0.3 is 0 Å². The first-order valence-corrected chi connectivity index (χ1v) is 8.44. The molecule has 1 fully saturated rings. The minimum atomic E-state index is -0.440. The van der Waals surface area contributed by atoms with Crippen molar-refractivity contribution in [3.63, 3.8) is 0 Å². The molecular weight excluding hydrogens is 349 g/mol. The quantitative estimate of drug-likeness (QED) is 0.600. The highest BCUT2D eigenvalue weighted by Crippen LogP contribution is 2.26. The molecule has 1 aliphatic heterocycles. The van der Waals surface area contributed by atoms with Gasteiger partial charge in [-0.25, -0.2) is 0 Å². The van der Waals surface area contributed by atoms with E-state index in [4.69, 9.17) is 23.2 Å². The molecule has 2 aromatic carbocycles. The Hall–Kier alpha value is -1.82. The fourth-order valence-corrected chi connectivity index (χ4v) is 3.18. The molecule has 0 aromatic heterocycles. The second kappa shape index (κ2) is 7.38. The Balaban J connectivity index is 1.60. The monoisotopic (exact) mass is 365 g/mol. The lowest BCUT2D eigenvalue weighted by molar-refractivity contribution is -0.384. The van der Waals surface area contributed by atoms with E-state index >= 15 is 0 Å². The molecule has 0 amide bonds. The van der Waals surface area contributed by atoms with E-state index in [1.807, 2.05) is 30.3 Å². The Kier molecular flexibility index (Phi) is 5.23. The van der Waals surface area contributed by atoms with E-state index in [9.17, 15) is 10.1 Å². The predicted octanol–water partition coefficient (Wildman–Crippen LogP) is 4.22. The summed E-state index contributed by atoms with van der Waals surface area (Å²) < 4.78 is 0. The molecule has 1 saturated heterocycles. The van der Waals surface area contributed by atoms with Crippen molar-refractivity contribution in [2.45, 2.75) is 6.54 Å². The molecule has 126 valence electrons. The van der Waals surface area contributed by atoms with Crippen LogP contribution < -0.4 is 4.90 Å². The zero-order valence-corrected chi connectivity index (χ0v) is 14.5. The van der Waals surface area contributed by atoms with Gasteiger partial charge in [0.2, 0.25) is 0 Å². The predicted molar refractivity (Wildman–Crippen MR) is 97.0 cm³/mol. The van der Waals surface area contributed by atoms with Crippen molar-refractivity contribution in [2.75, 3.05) is 31.1 Å². The molecule has 0 spiro atoms. The average molecular weight is 366 g/mol. The van der Waals surface area contributed by atoms with Gasteiger partial charge in [-0.1, -0.05) is 29.3 Å². The number of rotatable bonds is 4. The lowest BCUT2D eigenvalue weighted by Crippen LogP contribution is -2.45. The number of hydrogen-bond acceptors (Lipinski definition) is 4. The summed E-state index contributed by atoms with van der Waals surface area (Å²) in [4.78, 5) is 15.1. The van der Waals surface area contributed by atoms with Crippen LogP contribution in [0.2, 0.25) is 10.0 Å². The van der Waals surface area contributed by atoms with Gasteiger partial charge < -0.3 is 4.90 Å². The van der Waals surface area contributed by atoms with Crippen LogP contribution in [-0.4, -0.2) is 36.0 Å². The Bertz CT molecular complexity index is 729. The summed E-state index contributed by atoms with van der Waals surface area (Å²) in [6, 6.07) is 12.9. The van der Waals surface area contributed by atoms with Crippen molar-refractivity contribution in [3.8, 4) is 0 Å². The van der Waals surface area contributed by atoms with Crippen LogP contribution in [-0.2, 0) is 6.54 Å². The van der Waals surface area contributed by atoms with Gasteiger partial charge in [0, 0.05) is 49.5 Å². The average Bonchev–Trinajstić information content (AvgIpc) is 2.58. The van der Waals surface area contributed by atoms with E-state index in [1.165, 1.54) is 5.69 Å². The van der Waals surface area contributed by atoms with Crippen molar-refractivity contribution in [1.82, 2.24) is 4.90 Å². The van der Waals surface area contributed by atoms with E-state index in [1.54, 1.807) is 12.1 Å². The van der Waals surface area contributed by atoms with Gasteiger partial charge in [0.1, 0.15) is 5.02 Å². The third kappa shape index (κ3) is 3.98. The number of nitro groups is 1. The highest BCUT2D eigenvalue weighted by Gasteiger charge is 2.19. The molecule has 24 heavy (non-hydrogen) atoms. The van der Waals surface area contributed by atoms with Crippen molar-refractivity contribution in [3.05, 3.63) is 68.2 Å². The summed E-state index contributed by atoms with van der Waals surface area (Å²) in [5.41, 5.74) is 2.04. The molecule has 2 aromatic rings. The summed E-state index contributed by atoms with van der Waals surface area (Å²) in [5.74, 6) is 0. The normalized spacial score (nSPS) is 15.5. The van der Waals surface area contributed by atoms with Crippen LogP contribution in [0.1, 0.15) is 5.56 Å². The maximum absolute atomic E-state index is 11.0. The fraction of sp³-hybridized carbons (Fsp3) is 0.294. The zero-order chi connectivity index (χ0) is 17.1. The van der Waals surface area contributed by atoms with Crippen LogP contribution in [0.25, 0.3) is 0 Å². The molecule has 1 heterocycles. The molecule has 0 aliphatic carbocycles. The molecule has 0 radical (unpaired) electrons. The molecule has 0 atom stereocenters. The lowest BCUT2D eigenvalue weighted by Gasteiger charge is -2.36. The van der Waals surface area contributed by atoms with Crippen LogP contribution >= 0.6 is 23.2 Å². The van der Waals surface area contributed by atoms with Crippen molar-refractivity contribution in [2.24, 2.45) is 0 Å². The van der Waals surface area contributed by atoms with Gasteiger partial charge in [-0.15, -0.1) is 0 Å². The summed E-state index contributed by atoms with van der Waals surface area (Å²) >= 11 is 11.8.